The fourth-order valence-electron chi connectivity index (χ4n) is 6.40. The Morgan fingerprint density at radius 3 is 2.43 bits per heavy atom. The van der Waals surface area contributed by atoms with E-state index in [0.29, 0.717) is 12.6 Å². The van der Waals surface area contributed by atoms with Crippen molar-refractivity contribution >= 4 is 11.9 Å². The van der Waals surface area contributed by atoms with Gasteiger partial charge in [-0.1, -0.05) is 73.7 Å². The van der Waals surface area contributed by atoms with Gasteiger partial charge >= 0.3 is 5.97 Å². The summed E-state index contributed by atoms with van der Waals surface area (Å²) in [6.07, 6.45) is 0.681. The molecule has 6 atom stereocenters. The Kier molecular flexibility index (Phi) is 11.6. The molecule has 46 heavy (non-hydrogen) atoms. The Morgan fingerprint density at radius 1 is 1.00 bits per heavy atom. The second-order valence-electron chi connectivity index (χ2n) is 12.4. The van der Waals surface area contributed by atoms with Crippen LogP contribution in [0, 0.1) is 5.92 Å². The average Bonchev–Trinajstić information content (AvgIpc) is 3.51. The van der Waals surface area contributed by atoms with Crippen molar-refractivity contribution in [3.8, 4) is 11.1 Å². The van der Waals surface area contributed by atoms with Crippen molar-refractivity contribution in [2.45, 2.75) is 77.4 Å². The standard InChI is InChI=1S/C37H46N2O7/c1-24-34(21-39-18-6-9-33(39)23-43-4)45-37(46-35(24)30-12-10-27(22-40)11-13-30)31-16-14-29(15-17-31)32-8-5-7-28(19-32)20-38-36(42)25(2)44-26(3)41/h5,7-8,10-17,19,24-25,33-35,37,40H,6,9,18,20-23H2,1-4H3,(H,38,42). The van der Waals surface area contributed by atoms with Crippen molar-refractivity contribution in [2.24, 2.45) is 5.92 Å². The van der Waals surface area contributed by atoms with E-state index in [1.54, 1.807) is 14.0 Å². The molecule has 0 spiro atoms. The first-order valence-electron chi connectivity index (χ1n) is 16.1. The molecule has 3 aromatic rings. The molecule has 2 aliphatic heterocycles. The zero-order valence-electron chi connectivity index (χ0n) is 27.2. The van der Waals surface area contributed by atoms with Gasteiger partial charge in [0.2, 0.25) is 0 Å². The molecule has 2 N–H and O–H groups in total. The van der Waals surface area contributed by atoms with E-state index in [2.05, 4.69) is 41.4 Å². The van der Waals surface area contributed by atoms with E-state index in [1.165, 1.54) is 6.92 Å². The van der Waals surface area contributed by atoms with Crippen LogP contribution in [0.15, 0.2) is 72.8 Å². The predicted molar refractivity (Wildman–Crippen MR) is 174 cm³/mol. The molecule has 2 aliphatic rings. The fraction of sp³-hybridized carbons (Fsp3) is 0.459. The normalized spacial score (nSPS) is 24.0. The van der Waals surface area contributed by atoms with E-state index >= 15 is 0 Å². The van der Waals surface area contributed by atoms with Crippen LogP contribution in [0.3, 0.4) is 0 Å². The summed E-state index contributed by atoms with van der Waals surface area (Å²) in [6, 6.07) is 24.6. The predicted octanol–water partition coefficient (Wildman–Crippen LogP) is 5.32. The molecule has 2 fully saturated rings. The molecule has 246 valence electrons. The first kappa shape index (κ1) is 33.8. The van der Waals surface area contributed by atoms with Crippen LogP contribution >= 0.6 is 0 Å². The van der Waals surface area contributed by atoms with Crippen LogP contribution in [-0.2, 0) is 41.7 Å². The van der Waals surface area contributed by atoms with Gasteiger partial charge < -0.3 is 29.4 Å². The summed E-state index contributed by atoms with van der Waals surface area (Å²) in [5.74, 6) is -0.720. The number of rotatable bonds is 12. The lowest BCUT2D eigenvalue weighted by Crippen LogP contribution is -2.46. The van der Waals surface area contributed by atoms with Crippen molar-refractivity contribution in [3.05, 3.63) is 95.1 Å². The maximum atomic E-state index is 12.3. The molecule has 3 aromatic carbocycles. The number of benzene rings is 3. The molecule has 0 bridgehead atoms. The molecule has 2 saturated heterocycles. The van der Waals surface area contributed by atoms with E-state index in [4.69, 9.17) is 18.9 Å². The number of hydrogen-bond donors (Lipinski definition) is 2. The van der Waals surface area contributed by atoms with Crippen molar-refractivity contribution in [1.29, 1.82) is 0 Å². The van der Waals surface area contributed by atoms with Gasteiger partial charge in [0.05, 0.1) is 25.4 Å². The topological polar surface area (TPSA) is 107 Å². The highest BCUT2D eigenvalue weighted by Crippen LogP contribution is 2.42. The minimum absolute atomic E-state index is 0.00471. The Labute approximate surface area is 271 Å². The van der Waals surface area contributed by atoms with Gasteiger partial charge in [-0.05, 0) is 60.2 Å². The van der Waals surface area contributed by atoms with E-state index in [-0.39, 0.29) is 30.6 Å². The Balaban J connectivity index is 1.32. The molecular formula is C37H46N2O7. The quantitative estimate of drug-likeness (QED) is 0.259. The number of methoxy groups -OCH3 is 1. The number of nitrogens with zero attached hydrogens (tertiary/aromatic N) is 1. The number of amides is 1. The second kappa shape index (κ2) is 15.8. The van der Waals surface area contributed by atoms with Crippen molar-refractivity contribution in [2.75, 3.05) is 26.8 Å². The van der Waals surface area contributed by atoms with Crippen molar-refractivity contribution in [3.63, 3.8) is 0 Å². The van der Waals surface area contributed by atoms with E-state index in [1.807, 2.05) is 48.5 Å². The first-order valence-corrected chi connectivity index (χ1v) is 16.1. The third kappa shape index (κ3) is 8.40. The maximum Gasteiger partial charge on any atom is 0.303 e. The van der Waals surface area contributed by atoms with Crippen LogP contribution in [0.5, 0.6) is 0 Å². The fourth-order valence-corrected chi connectivity index (χ4v) is 6.40. The molecule has 9 nitrogen and oxygen atoms in total. The van der Waals surface area contributed by atoms with Gasteiger partial charge in [0.1, 0.15) is 0 Å². The highest BCUT2D eigenvalue weighted by Gasteiger charge is 2.40. The van der Waals surface area contributed by atoms with Crippen LogP contribution in [0.25, 0.3) is 11.1 Å². The highest BCUT2D eigenvalue weighted by molar-refractivity contribution is 5.82. The Hall–Kier alpha value is -3.60. The smallest absolute Gasteiger partial charge is 0.303 e. The third-order valence-corrected chi connectivity index (χ3v) is 9.02. The minimum atomic E-state index is -0.846. The summed E-state index contributed by atoms with van der Waals surface area (Å²) in [5, 5.41) is 12.4. The van der Waals surface area contributed by atoms with Crippen LogP contribution in [-0.4, -0.2) is 66.9 Å². The number of carbonyl (C=O) groups is 2. The molecule has 0 radical (unpaired) electrons. The monoisotopic (exact) mass is 630 g/mol. The minimum Gasteiger partial charge on any atom is -0.453 e. The van der Waals surface area contributed by atoms with Crippen molar-refractivity contribution < 1.29 is 33.6 Å². The number of ether oxygens (including phenoxy) is 4. The highest BCUT2D eigenvalue weighted by atomic mass is 16.7. The summed E-state index contributed by atoms with van der Waals surface area (Å²) >= 11 is 0. The maximum absolute atomic E-state index is 12.3. The Bertz CT molecular complexity index is 1440. The summed E-state index contributed by atoms with van der Waals surface area (Å²) in [6.45, 7) is 7.92. The van der Waals surface area contributed by atoms with Crippen LogP contribution in [0.4, 0.5) is 0 Å². The third-order valence-electron chi connectivity index (χ3n) is 9.02. The zero-order chi connectivity index (χ0) is 32.6. The van der Waals surface area contributed by atoms with E-state index in [9.17, 15) is 14.7 Å². The Morgan fingerprint density at radius 2 is 1.74 bits per heavy atom. The average molecular weight is 631 g/mol. The lowest BCUT2D eigenvalue weighted by Gasteiger charge is -2.43. The van der Waals surface area contributed by atoms with Gasteiger partial charge in [0, 0.05) is 44.6 Å². The number of aliphatic hydroxyl groups is 1. The lowest BCUT2D eigenvalue weighted by atomic mass is 9.89. The molecule has 9 heteroatoms. The number of nitrogens with one attached hydrogen (secondary N) is 1. The molecule has 0 aromatic heterocycles. The number of aliphatic hydroxyl groups excluding tert-OH is 1. The SMILES string of the molecule is COCC1CCCN1CC1OC(c2ccc(-c3cccc(CNC(=O)C(C)OC(C)=O)c3)cc2)OC(c2ccc(CO)cc2)C1C. The summed E-state index contributed by atoms with van der Waals surface area (Å²) in [7, 11) is 1.76. The van der Waals surface area contributed by atoms with Gasteiger partial charge in [0.25, 0.3) is 5.91 Å². The van der Waals surface area contributed by atoms with Crippen LogP contribution in [0.2, 0.25) is 0 Å². The summed E-state index contributed by atoms with van der Waals surface area (Å²) in [4.78, 5) is 26.0. The van der Waals surface area contributed by atoms with E-state index in [0.717, 1.165) is 65.9 Å². The molecule has 2 heterocycles. The number of likely N-dealkylation sites (tertiary alicyclic amines) is 1. The van der Waals surface area contributed by atoms with Crippen LogP contribution < -0.4 is 5.32 Å². The molecule has 0 saturated carbocycles. The summed E-state index contributed by atoms with van der Waals surface area (Å²) < 4.78 is 23.9. The van der Waals surface area contributed by atoms with Gasteiger partial charge in [0.15, 0.2) is 12.4 Å². The number of carbonyl (C=O) groups excluding carboxylic acids is 2. The molecular weight excluding hydrogens is 584 g/mol. The van der Waals surface area contributed by atoms with Crippen LogP contribution in [0.1, 0.15) is 68.3 Å². The van der Waals surface area contributed by atoms with Gasteiger partial charge in [-0.25, -0.2) is 0 Å². The van der Waals surface area contributed by atoms with Gasteiger partial charge in [-0.15, -0.1) is 0 Å². The van der Waals surface area contributed by atoms with Crippen molar-refractivity contribution in [1.82, 2.24) is 10.2 Å². The number of hydrogen-bond acceptors (Lipinski definition) is 8. The van der Waals surface area contributed by atoms with E-state index < -0.39 is 18.4 Å². The lowest BCUT2D eigenvalue weighted by molar-refractivity contribution is -0.276. The summed E-state index contributed by atoms with van der Waals surface area (Å²) in [5.41, 5.74) is 5.86. The number of esters is 1. The largest absolute Gasteiger partial charge is 0.453 e. The molecule has 5 rings (SSSR count). The molecule has 1 amide bonds. The zero-order valence-corrected chi connectivity index (χ0v) is 27.2. The molecule has 0 aliphatic carbocycles. The first-order chi connectivity index (χ1) is 22.2. The second-order valence-corrected chi connectivity index (χ2v) is 12.4. The van der Waals surface area contributed by atoms with Gasteiger partial charge in [-0.2, -0.15) is 0 Å². The van der Waals surface area contributed by atoms with Gasteiger partial charge in [-0.3, -0.25) is 14.5 Å². The molecule has 6 unspecified atom stereocenters.